The van der Waals surface area contributed by atoms with Crippen LogP contribution in [0.5, 0.6) is 0 Å². The van der Waals surface area contributed by atoms with E-state index in [1.54, 1.807) is 37.8 Å². The van der Waals surface area contributed by atoms with Gasteiger partial charge in [-0.25, -0.2) is 13.2 Å². The molecule has 1 fully saturated rings. The molecular weight excluding hydrogens is 506 g/mol. The number of nitrogens with zero attached hydrogens (tertiary/aromatic N) is 1. The van der Waals surface area contributed by atoms with Gasteiger partial charge in [0, 0.05) is 12.8 Å². The van der Waals surface area contributed by atoms with E-state index < -0.39 is 39.7 Å². The van der Waals surface area contributed by atoms with Crippen LogP contribution in [0.3, 0.4) is 0 Å². The maximum Gasteiger partial charge on any atom is 0.407 e. The number of carbonyl (C=O) groups is 2. The molecule has 10 heteroatoms. The predicted octanol–water partition coefficient (Wildman–Crippen LogP) is 2.87. The van der Waals surface area contributed by atoms with Gasteiger partial charge in [-0.3, -0.25) is 10.1 Å². The molecule has 0 radical (unpaired) electrons. The van der Waals surface area contributed by atoms with Crippen LogP contribution in [0, 0.1) is 5.92 Å². The number of nitrogens with one attached hydrogen (secondary N) is 2. The lowest BCUT2D eigenvalue weighted by Crippen LogP contribution is -2.55. The van der Waals surface area contributed by atoms with Crippen molar-refractivity contribution in [3.8, 4) is 0 Å². The Morgan fingerprint density at radius 2 is 1.68 bits per heavy atom. The molecule has 0 aromatic heterocycles. The lowest BCUT2D eigenvalue weighted by atomic mass is 9.96. The molecule has 1 aliphatic heterocycles. The van der Waals surface area contributed by atoms with Crippen LogP contribution in [0.4, 0.5) is 4.79 Å². The van der Waals surface area contributed by atoms with Gasteiger partial charge in [-0.2, -0.15) is 0 Å². The zero-order valence-electron chi connectivity index (χ0n) is 22.8. The molecule has 208 valence electrons. The largest absolute Gasteiger partial charge is 0.444 e. The van der Waals surface area contributed by atoms with Crippen LogP contribution in [-0.4, -0.2) is 66.6 Å². The Balaban J connectivity index is 1.83. The number of ether oxygens (including phenoxy) is 1. The van der Waals surface area contributed by atoms with Crippen molar-refractivity contribution in [3.05, 3.63) is 65.7 Å². The number of hydrogen-bond donors (Lipinski definition) is 3. The minimum Gasteiger partial charge on any atom is -0.444 e. The Hall–Kier alpha value is -2.95. The summed E-state index contributed by atoms with van der Waals surface area (Å²) in [6, 6.07) is 14.1. The van der Waals surface area contributed by atoms with E-state index in [-0.39, 0.29) is 29.4 Å². The summed E-state index contributed by atoms with van der Waals surface area (Å²) >= 11 is 0. The topological polar surface area (TPSA) is 125 Å². The number of rotatable bonds is 9. The smallest absolute Gasteiger partial charge is 0.407 e. The fourth-order valence-corrected chi connectivity index (χ4v) is 5.12. The fourth-order valence-electron chi connectivity index (χ4n) is 4.49. The molecule has 0 aliphatic carbocycles. The van der Waals surface area contributed by atoms with E-state index in [0.717, 1.165) is 17.4 Å². The Kier molecular flexibility index (Phi) is 9.22. The Morgan fingerprint density at radius 1 is 1.08 bits per heavy atom. The molecule has 3 N–H and O–H groups in total. The van der Waals surface area contributed by atoms with Gasteiger partial charge in [0.1, 0.15) is 11.6 Å². The molecule has 1 saturated heterocycles. The van der Waals surface area contributed by atoms with Crippen LogP contribution in [0.1, 0.15) is 45.7 Å². The SMILES string of the molecule is CC(C)C1N[C@@H]([C@@H](O)[C@H](Cc2ccccc2)NC(=O)OC(C)(C)C)C(=O)N1Cc1ccc(S(C)(=O)=O)cc1. The van der Waals surface area contributed by atoms with Crippen LogP contribution in [0.25, 0.3) is 0 Å². The number of aliphatic hydroxyl groups is 1. The number of hydrogen-bond acceptors (Lipinski definition) is 7. The van der Waals surface area contributed by atoms with Crippen LogP contribution in [-0.2, 0) is 32.3 Å². The first kappa shape index (κ1) is 29.6. The van der Waals surface area contributed by atoms with Crippen LogP contribution < -0.4 is 10.6 Å². The highest BCUT2D eigenvalue weighted by Crippen LogP contribution is 2.25. The minimum absolute atomic E-state index is 0.0258. The minimum atomic E-state index is -3.33. The maximum absolute atomic E-state index is 13.6. The van der Waals surface area contributed by atoms with Gasteiger partial charge in [0.15, 0.2) is 9.84 Å². The van der Waals surface area contributed by atoms with Gasteiger partial charge in [0.2, 0.25) is 5.91 Å². The van der Waals surface area contributed by atoms with E-state index in [0.29, 0.717) is 6.42 Å². The van der Waals surface area contributed by atoms with Gasteiger partial charge in [0.25, 0.3) is 0 Å². The molecule has 0 bridgehead atoms. The van der Waals surface area contributed by atoms with E-state index in [1.165, 1.54) is 12.1 Å². The van der Waals surface area contributed by atoms with E-state index in [9.17, 15) is 23.1 Å². The quantitative estimate of drug-likeness (QED) is 0.443. The molecule has 2 amide bonds. The van der Waals surface area contributed by atoms with Gasteiger partial charge >= 0.3 is 6.09 Å². The maximum atomic E-state index is 13.6. The summed E-state index contributed by atoms with van der Waals surface area (Å²) in [6.07, 6.45) is -0.837. The molecule has 2 aromatic carbocycles. The van der Waals surface area contributed by atoms with Crippen molar-refractivity contribution in [2.45, 2.75) is 82.4 Å². The molecule has 38 heavy (non-hydrogen) atoms. The lowest BCUT2D eigenvalue weighted by Gasteiger charge is -2.29. The van der Waals surface area contributed by atoms with Crippen molar-refractivity contribution in [2.75, 3.05) is 6.26 Å². The highest BCUT2D eigenvalue weighted by Gasteiger charge is 2.46. The van der Waals surface area contributed by atoms with Crippen LogP contribution in [0.15, 0.2) is 59.5 Å². The van der Waals surface area contributed by atoms with Gasteiger partial charge in [0.05, 0.1) is 23.2 Å². The first-order valence-electron chi connectivity index (χ1n) is 12.7. The third-order valence-corrected chi connectivity index (χ3v) is 7.45. The van der Waals surface area contributed by atoms with Crippen molar-refractivity contribution < 1.29 is 27.9 Å². The molecule has 3 rings (SSSR count). The normalized spacial score (nSPS) is 19.9. The molecule has 0 spiro atoms. The zero-order chi connectivity index (χ0) is 28.3. The number of amides is 2. The second-order valence-corrected chi connectivity index (χ2v) is 13.2. The zero-order valence-corrected chi connectivity index (χ0v) is 23.7. The first-order chi connectivity index (χ1) is 17.7. The molecule has 9 nitrogen and oxygen atoms in total. The molecule has 2 aromatic rings. The highest BCUT2D eigenvalue weighted by atomic mass is 32.2. The lowest BCUT2D eigenvalue weighted by molar-refractivity contribution is -0.133. The molecule has 1 heterocycles. The molecule has 0 saturated carbocycles. The summed E-state index contributed by atoms with van der Waals surface area (Å²) in [4.78, 5) is 28.1. The van der Waals surface area contributed by atoms with Crippen molar-refractivity contribution in [2.24, 2.45) is 5.92 Å². The molecule has 4 atom stereocenters. The van der Waals surface area contributed by atoms with Crippen molar-refractivity contribution in [1.82, 2.24) is 15.5 Å². The van der Waals surface area contributed by atoms with Gasteiger partial charge in [-0.15, -0.1) is 0 Å². The van der Waals surface area contributed by atoms with Crippen molar-refractivity contribution in [1.29, 1.82) is 0 Å². The Labute approximate surface area is 225 Å². The van der Waals surface area contributed by atoms with Crippen molar-refractivity contribution >= 4 is 21.8 Å². The summed E-state index contributed by atoms with van der Waals surface area (Å²) in [6.45, 7) is 9.45. The molecule has 1 unspecified atom stereocenters. The average Bonchev–Trinajstić information content (AvgIpc) is 3.13. The van der Waals surface area contributed by atoms with Gasteiger partial charge in [-0.1, -0.05) is 56.3 Å². The highest BCUT2D eigenvalue weighted by molar-refractivity contribution is 7.90. The van der Waals surface area contributed by atoms with Gasteiger partial charge < -0.3 is 20.1 Å². The van der Waals surface area contributed by atoms with Crippen LogP contribution >= 0.6 is 0 Å². The van der Waals surface area contributed by atoms with E-state index in [1.807, 2.05) is 44.2 Å². The van der Waals surface area contributed by atoms with Gasteiger partial charge in [-0.05, 0) is 56.4 Å². The summed E-state index contributed by atoms with van der Waals surface area (Å²) < 4.78 is 29.0. The number of benzene rings is 2. The fraction of sp³-hybridized carbons (Fsp3) is 0.500. The second-order valence-electron chi connectivity index (χ2n) is 11.1. The molecule has 1 aliphatic rings. The summed E-state index contributed by atoms with van der Waals surface area (Å²) in [5.74, 6) is -0.273. The van der Waals surface area contributed by atoms with E-state index in [4.69, 9.17) is 4.74 Å². The standard InChI is InChI=1S/C28H39N3O6S/c1-18(2)25-30-23(26(33)31(25)17-20-12-14-21(15-13-20)38(6,35)36)24(32)22(16-19-10-8-7-9-11-19)29-27(34)37-28(3,4)5/h7-15,18,22-25,30,32H,16-17H2,1-6H3,(H,29,34)/t22-,23-,24-,25?/m0/s1. The van der Waals surface area contributed by atoms with Crippen molar-refractivity contribution in [3.63, 3.8) is 0 Å². The number of aliphatic hydroxyl groups excluding tert-OH is 1. The van der Waals surface area contributed by atoms with Crippen LogP contribution in [0.2, 0.25) is 0 Å². The summed E-state index contributed by atoms with van der Waals surface area (Å²) in [5.41, 5.74) is 0.933. The predicted molar refractivity (Wildman–Crippen MR) is 145 cm³/mol. The van der Waals surface area contributed by atoms with E-state index >= 15 is 0 Å². The summed E-state index contributed by atoms with van der Waals surface area (Å²) in [7, 11) is -3.33. The monoisotopic (exact) mass is 545 g/mol. The Bertz CT molecular complexity index is 1210. The average molecular weight is 546 g/mol. The number of sulfone groups is 1. The van der Waals surface area contributed by atoms with E-state index in [2.05, 4.69) is 10.6 Å². The first-order valence-corrected chi connectivity index (χ1v) is 14.6. The number of carbonyl (C=O) groups excluding carboxylic acids is 2. The third kappa shape index (κ3) is 7.78. The summed E-state index contributed by atoms with van der Waals surface area (Å²) in [5, 5.41) is 17.5. The third-order valence-electron chi connectivity index (χ3n) is 6.33. The number of alkyl carbamates (subject to hydrolysis) is 1. The Morgan fingerprint density at radius 3 is 2.21 bits per heavy atom. The second kappa shape index (κ2) is 11.8. The molecular formula is C28H39N3O6S.